The van der Waals surface area contributed by atoms with Crippen LogP contribution in [0.2, 0.25) is 0 Å². The Hall–Kier alpha value is -2.04. The first-order valence-electron chi connectivity index (χ1n) is 5.49. The van der Waals surface area contributed by atoms with Gasteiger partial charge < -0.3 is 10.4 Å². The summed E-state index contributed by atoms with van der Waals surface area (Å²) in [6, 6.07) is 6.38. The number of hydrogen-bond acceptors (Lipinski definition) is 3. The van der Waals surface area contributed by atoms with Gasteiger partial charge in [0.25, 0.3) is 0 Å². The maximum atomic E-state index is 11.9. The number of aliphatic carboxylic acids is 1. The molecule has 0 spiro atoms. The van der Waals surface area contributed by atoms with Gasteiger partial charge in [-0.1, -0.05) is 12.1 Å². The second kappa shape index (κ2) is 4.45. The number of nitrogens with zero attached hydrogens (tertiary/aromatic N) is 1. The minimum absolute atomic E-state index is 0.169. The number of benzene rings is 1. The Balaban J connectivity index is 2.47. The predicted molar refractivity (Wildman–Crippen MR) is 64.1 cm³/mol. The molecule has 0 bridgehead atoms. The predicted octanol–water partition coefficient (Wildman–Crippen LogP) is 1.31. The number of carboxylic acid groups (broad SMARTS) is 1. The third kappa shape index (κ3) is 2.08. The molecule has 1 heterocycles. The highest BCUT2D eigenvalue weighted by molar-refractivity contribution is 6.02. The summed E-state index contributed by atoms with van der Waals surface area (Å²) >= 11 is 0. The molecule has 0 aromatic heterocycles. The van der Waals surface area contributed by atoms with Gasteiger partial charge in [-0.2, -0.15) is 0 Å². The van der Waals surface area contributed by atoms with Gasteiger partial charge in [-0.15, -0.1) is 0 Å². The van der Waals surface area contributed by atoms with E-state index in [1.54, 1.807) is 12.1 Å². The van der Waals surface area contributed by atoms with Gasteiger partial charge in [0, 0.05) is 13.0 Å². The normalized spacial score (nSPS) is 16.8. The zero-order valence-electron chi connectivity index (χ0n) is 9.51. The molecule has 2 N–H and O–H groups in total. The molecule has 2 rings (SSSR count). The molecule has 5 heteroatoms. The average molecular weight is 234 g/mol. The minimum atomic E-state index is -1.00. The fourth-order valence-corrected chi connectivity index (χ4v) is 1.93. The number of fused-ring (bicyclic) bond motifs is 1. The maximum absolute atomic E-state index is 11.9. The van der Waals surface area contributed by atoms with E-state index in [-0.39, 0.29) is 5.91 Å². The Bertz CT molecular complexity index is 459. The molecule has 1 atom stereocenters. The summed E-state index contributed by atoms with van der Waals surface area (Å²) in [5.74, 6) is -1.17. The van der Waals surface area contributed by atoms with Gasteiger partial charge in [-0.05, 0) is 19.1 Å². The van der Waals surface area contributed by atoms with Crippen LogP contribution < -0.4 is 10.2 Å². The lowest BCUT2D eigenvalue weighted by Crippen LogP contribution is -2.43. The van der Waals surface area contributed by atoms with E-state index < -0.39 is 12.0 Å². The van der Waals surface area contributed by atoms with Gasteiger partial charge in [-0.25, -0.2) is 4.79 Å². The molecule has 0 aliphatic carbocycles. The van der Waals surface area contributed by atoms with Crippen LogP contribution in [0.4, 0.5) is 11.4 Å². The maximum Gasteiger partial charge on any atom is 0.326 e. The topological polar surface area (TPSA) is 69.6 Å². The molecule has 5 nitrogen and oxygen atoms in total. The van der Waals surface area contributed by atoms with Crippen molar-refractivity contribution in [1.82, 2.24) is 0 Å². The van der Waals surface area contributed by atoms with Crippen LogP contribution in [0.3, 0.4) is 0 Å². The number of carboxylic acids is 1. The van der Waals surface area contributed by atoms with E-state index in [9.17, 15) is 9.59 Å². The number of carbonyl (C=O) groups is 2. The summed E-state index contributed by atoms with van der Waals surface area (Å²) < 4.78 is 0. The van der Waals surface area contributed by atoms with E-state index in [0.717, 1.165) is 5.69 Å². The number of carbonyl (C=O) groups excluding carboxylic acids is 1. The molecule has 1 amide bonds. The highest BCUT2D eigenvalue weighted by Gasteiger charge is 2.29. The van der Waals surface area contributed by atoms with Crippen molar-refractivity contribution in [2.45, 2.75) is 19.4 Å². The monoisotopic (exact) mass is 234 g/mol. The number of para-hydroxylation sites is 2. The van der Waals surface area contributed by atoms with Crippen molar-refractivity contribution in [3.05, 3.63) is 24.3 Å². The lowest BCUT2D eigenvalue weighted by molar-refractivity contribution is -0.139. The highest BCUT2D eigenvalue weighted by atomic mass is 16.4. The van der Waals surface area contributed by atoms with Gasteiger partial charge in [0.2, 0.25) is 5.91 Å². The molecule has 0 saturated heterocycles. The minimum Gasteiger partial charge on any atom is -0.480 e. The highest BCUT2D eigenvalue weighted by Crippen LogP contribution is 2.30. The molecule has 0 radical (unpaired) electrons. The summed E-state index contributed by atoms with van der Waals surface area (Å²) in [6.07, 6.45) is 0.298. The molecule has 17 heavy (non-hydrogen) atoms. The van der Waals surface area contributed by atoms with Crippen molar-refractivity contribution in [3.63, 3.8) is 0 Å². The van der Waals surface area contributed by atoms with E-state index in [1.807, 2.05) is 12.1 Å². The summed E-state index contributed by atoms with van der Waals surface area (Å²) in [5.41, 5.74) is 1.43. The Labute approximate surface area is 99.0 Å². The van der Waals surface area contributed by atoms with Crippen molar-refractivity contribution in [3.8, 4) is 0 Å². The molecule has 1 unspecified atom stereocenters. The first-order chi connectivity index (χ1) is 8.11. The number of amides is 1. The van der Waals surface area contributed by atoms with Gasteiger partial charge >= 0.3 is 5.97 Å². The zero-order chi connectivity index (χ0) is 12.4. The average Bonchev–Trinajstić information content (AvgIpc) is 2.46. The van der Waals surface area contributed by atoms with Crippen LogP contribution in [-0.4, -0.2) is 29.6 Å². The third-order valence-corrected chi connectivity index (χ3v) is 2.83. The first-order valence-corrected chi connectivity index (χ1v) is 5.49. The van der Waals surface area contributed by atoms with Gasteiger partial charge in [0.05, 0.1) is 11.4 Å². The van der Waals surface area contributed by atoms with E-state index >= 15 is 0 Å². The molecule has 1 aliphatic rings. The number of hydrogen-bond donors (Lipinski definition) is 2. The Kier molecular flexibility index (Phi) is 2.99. The molecule has 90 valence electrons. The van der Waals surface area contributed by atoms with Gasteiger partial charge in [-0.3, -0.25) is 9.69 Å². The number of nitrogens with one attached hydrogen (secondary N) is 1. The van der Waals surface area contributed by atoms with Crippen molar-refractivity contribution in [2.75, 3.05) is 16.8 Å². The van der Waals surface area contributed by atoms with E-state index in [4.69, 9.17) is 5.11 Å². The number of anilines is 2. The first kappa shape index (κ1) is 11.4. The summed E-state index contributed by atoms with van der Waals surface area (Å²) in [5, 5.41) is 12.2. The van der Waals surface area contributed by atoms with Crippen molar-refractivity contribution in [2.24, 2.45) is 0 Å². The van der Waals surface area contributed by atoms with Crippen LogP contribution in [-0.2, 0) is 9.59 Å². The van der Waals surface area contributed by atoms with Crippen LogP contribution in [0.25, 0.3) is 0 Å². The zero-order valence-corrected chi connectivity index (χ0v) is 9.51. The third-order valence-electron chi connectivity index (χ3n) is 2.83. The SMILES string of the molecule is CC(C(=O)O)N1C(=O)CCNc2ccccc21. The van der Waals surface area contributed by atoms with Crippen molar-refractivity contribution >= 4 is 23.3 Å². The van der Waals surface area contributed by atoms with Crippen LogP contribution in [0.15, 0.2) is 24.3 Å². The summed E-state index contributed by atoms with van der Waals surface area (Å²) in [6.45, 7) is 2.04. The summed E-state index contributed by atoms with van der Waals surface area (Å²) in [7, 11) is 0. The molecular formula is C12H14N2O3. The fourth-order valence-electron chi connectivity index (χ4n) is 1.93. The van der Waals surface area contributed by atoms with Crippen LogP contribution in [0, 0.1) is 0 Å². The Morgan fingerprint density at radius 2 is 2.18 bits per heavy atom. The lowest BCUT2D eigenvalue weighted by Gasteiger charge is -2.26. The quantitative estimate of drug-likeness (QED) is 0.809. The molecule has 0 fully saturated rings. The standard InChI is InChI=1S/C12H14N2O3/c1-8(12(16)17)14-10-5-3-2-4-9(10)13-7-6-11(14)15/h2-5,8,13H,6-7H2,1H3,(H,16,17). The van der Waals surface area contributed by atoms with Crippen molar-refractivity contribution in [1.29, 1.82) is 0 Å². The van der Waals surface area contributed by atoms with Gasteiger partial charge in [0.1, 0.15) is 6.04 Å². The fraction of sp³-hybridized carbons (Fsp3) is 0.333. The largest absolute Gasteiger partial charge is 0.480 e. The van der Waals surface area contributed by atoms with Crippen LogP contribution >= 0.6 is 0 Å². The molecule has 0 saturated carbocycles. The Morgan fingerprint density at radius 3 is 2.88 bits per heavy atom. The molecular weight excluding hydrogens is 220 g/mol. The molecule has 1 aromatic carbocycles. The summed E-state index contributed by atoms with van der Waals surface area (Å²) in [4.78, 5) is 24.3. The van der Waals surface area contributed by atoms with E-state index in [0.29, 0.717) is 18.7 Å². The smallest absolute Gasteiger partial charge is 0.326 e. The van der Waals surface area contributed by atoms with Gasteiger partial charge in [0.15, 0.2) is 0 Å². The van der Waals surface area contributed by atoms with Crippen molar-refractivity contribution < 1.29 is 14.7 Å². The second-order valence-electron chi connectivity index (χ2n) is 3.97. The lowest BCUT2D eigenvalue weighted by atomic mass is 10.2. The van der Waals surface area contributed by atoms with Crippen LogP contribution in [0.1, 0.15) is 13.3 Å². The van der Waals surface area contributed by atoms with E-state index in [2.05, 4.69) is 5.32 Å². The van der Waals surface area contributed by atoms with Crippen LogP contribution in [0.5, 0.6) is 0 Å². The second-order valence-corrected chi connectivity index (χ2v) is 3.97. The molecule has 1 aromatic rings. The number of rotatable bonds is 2. The Morgan fingerprint density at radius 1 is 1.47 bits per heavy atom. The van der Waals surface area contributed by atoms with E-state index in [1.165, 1.54) is 11.8 Å². The molecule has 1 aliphatic heterocycles.